The normalized spacial score (nSPS) is 10.2. The molecule has 0 aromatic heterocycles. The van der Waals surface area contributed by atoms with E-state index in [1.54, 1.807) is 20.1 Å². The van der Waals surface area contributed by atoms with Crippen molar-refractivity contribution in [2.45, 2.75) is 13.5 Å². The minimum absolute atomic E-state index is 0.194. The van der Waals surface area contributed by atoms with Crippen molar-refractivity contribution in [1.29, 1.82) is 0 Å². The topological polar surface area (TPSA) is 21.3 Å². The average Bonchev–Trinajstić information content (AvgIpc) is 2.41. The SMILES string of the molecule is COc1ccccc1CNc1cccc(F)c1C. The van der Waals surface area contributed by atoms with Crippen LogP contribution in [0, 0.1) is 12.7 Å². The molecule has 2 aromatic carbocycles. The molecule has 0 unspecified atom stereocenters. The van der Waals surface area contributed by atoms with Crippen molar-refractivity contribution >= 4 is 5.69 Å². The molecule has 94 valence electrons. The van der Waals surface area contributed by atoms with Gasteiger partial charge in [0, 0.05) is 23.4 Å². The first kappa shape index (κ1) is 12.4. The summed E-state index contributed by atoms with van der Waals surface area (Å²) in [4.78, 5) is 0. The predicted octanol–water partition coefficient (Wildman–Crippen LogP) is 3.75. The van der Waals surface area contributed by atoms with Crippen molar-refractivity contribution < 1.29 is 9.13 Å². The highest BCUT2D eigenvalue weighted by Crippen LogP contribution is 2.21. The first-order chi connectivity index (χ1) is 8.72. The molecular formula is C15H16FNO. The molecule has 0 fully saturated rings. The van der Waals surface area contributed by atoms with Crippen molar-refractivity contribution in [3.05, 3.63) is 59.4 Å². The zero-order valence-electron chi connectivity index (χ0n) is 10.5. The summed E-state index contributed by atoms with van der Waals surface area (Å²) in [7, 11) is 1.65. The van der Waals surface area contributed by atoms with Gasteiger partial charge in [-0.2, -0.15) is 0 Å². The van der Waals surface area contributed by atoms with E-state index in [0.717, 1.165) is 17.0 Å². The number of halogens is 1. The van der Waals surface area contributed by atoms with Crippen LogP contribution in [0.4, 0.5) is 10.1 Å². The second-order valence-corrected chi connectivity index (χ2v) is 4.08. The molecule has 0 saturated carbocycles. The number of hydrogen-bond acceptors (Lipinski definition) is 2. The quantitative estimate of drug-likeness (QED) is 0.885. The second kappa shape index (κ2) is 5.54. The van der Waals surface area contributed by atoms with E-state index in [2.05, 4.69) is 5.32 Å². The summed E-state index contributed by atoms with van der Waals surface area (Å²) < 4.78 is 18.7. The lowest BCUT2D eigenvalue weighted by molar-refractivity contribution is 0.410. The van der Waals surface area contributed by atoms with Crippen LogP contribution in [0.25, 0.3) is 0 Å². The summed E-state index contributed by atoms with van der Waals surface area (Å²) in [6.07, 6.45) is 0. The minimum Gasteiger partial charge on any atom is -0.496 e. The minimum atomic E-state index is -0.194. The van der Waals surface area contributed by atoms with Gasteiger partial charge in [0.2, 0.25) is 0 Å². The molecule has 0 aliphatic carbocycles. The highest BCUT2D eigenvalue weighted by Gasteiger charge is 2.05. The Kier molecular flexibility index (Phi) is 3.82. The maximum Gasteiger partial charge on any atom is 0.128 e. The van der Waals surface area contributed by atoms with E-state index >= 15 is 0 Å². The van der Waals surface area contributed by atoms with Crippen molar-refractivity contribution in [3.8, 4) is 5.75 Å². The average molecular weight is 245 g/mol. The summed E-state index contributed by atoms with van der Waals surface area (Å²) in [6, 6.07) is 12.8. The molecule has 1 N–H and O–H groups in total. The smallest absolute Gasteiger partial charge is 0.128 e. The van der Waals surface area contributed by atoms with Gasteiger partial charge in [-0.05, 0) is 25.1 Å². The van der Waals surface area contributed by atoms with Crippen molar-refractivity contribution in [1.82, 2.24) is 0 Å². The molecule has 2 nitrogen and oxygen atoms in total. The maximum atomic E-state index is 13.4. The highest BCUT2D eigenvalue weighted by atomic mass is 19.1. The largest absolute Gasteiger partial charge is 0.496 e. The lowest BCUT2D eigenvalue weighted by atomic mass is 10.1. The maximum absolute atomic E-state index is 13.4. The monoisotopic (exact) mass is 245 g/mol. The third kappa shape index (κ3) is 2.62. The first-order valence-corrected chi connectivity index (χ1v) is 5.83. The molecular weight excluding hydrogens is 229 g/mol. The van der Waals surface area contributed by atoms with E-state index in [1.165, 1.54) is 6.07 Å². The zero-order valence-corrected chi connectivity index (χ0v) is 10.5. The Hall–Kier alpha value is -2.03. The molecule has 0 spiro atoms. The first-order valence-electron chi connectivity index (χ1n) is 5.83. The van der Waals surface area contributed by atoms with Crippen LogP contribution in [0.3, 0.4) is 0 Å². The molecule has 0 amide bonds. The fourth-order valence-corrected chi connectivity index (χ4v) is 1.84. The summed E-state index contributed by atoms with van der Waals surface area (Å²) in [5.41, 5.74) is 2.48. The lowest BCUT2D eigenvalue weighted by Crippen LogP contribution is -2.03. The van der Waals surface area contributed by atoms with Crippen LogP contribution in [-0.4, -0.2) is 7.11 Å². The van der Waals surface area contributed by atoms with Crippen LogP contribution in [0.1, 0.15) is 11.1 Å². The molecule has 18 heavy (non-hydrogen) atoms. The molecule has 3 heteroatoms. The van der Waals surface area contributed by atoms with Gasteiger partial charge in [-0.25, -0.2) is 4.39 Å². The van der Waals surface area contributed by atoms with Gasteiger partial charge < -0.3 is 10.1 Å². The van der Waals surface area contributed by atoms with Gasteiger partial charge in [0.25, 0.3) is 0 Å². The van der Waals surface area contributed by atoms with Crippen LogP contribution >= 0.6 is 0 Å². The van der Waals surface area contributed by atoms with E-state index in [9.17, 15) is 4.39 Å². The van der Waals surface area contributed by atoms with Crippen molar-refractivity contribution in [2.24, 2.45) is 0 Å². The van der Waals surface area contributed by atoms with E-state index in [-0.39, 0.29) is 5.82 Å². The summed E-state index contributed by atoms with van der Waals surface area (Å²) in [6.45, 7) is 2.37. The summed E-state index contributed by atoms with van der Waals surface area (Å²) in [5.74, 6) is 0.638. The highest BCUT2D eigenvalue weighted by molar-refractivity contribution is 5.52. The zero-order chi connectivity index (χ0) is 13.0. The third-order valence-corrected chi connectivity index (χ3v) is 2.93. The number of methoxy groups -OCH3 is 1. The fourth-order valence-electron chi connectivity index (χ4n) is 1.84. The molecule has 0 aliphatic heterocycles. The molecule has 0 bridgehead atoms. The van der Waals surface area contributed by atoms with Gasteiger partial charge in [-0.3, -0.25) is 0 Å². The van der Waals surface area contributed by atoms with Crippen LogP contribution < -0.4 is 10.1 Å². The Morgan fingerprint density at radius 3 is 2.67 bits per heavy atom. The van der Waals surface area contributed by atoms with Gasteiger partial charge in [-0.1, -0.05) is 24.3 Å². The predicted molar refractivity (Wildman–Crippen MR) is 71.5 cm³/mol. The molecule has 2 rings (SSSR count). The Morgan fingerprint density at radius 1 is 1.11 bits per heavy atom. The molecule has 0 radical (unpaired) electrons. The molecule has 0 aliphatic rings. The number of rotatable bonds is 4. The van der Waals surface area contributed by atoms with Crippen molar-refractivity contribution in [2.75, 3.05) is 12.4 Å². The molecule has 0 atom stereocenters. The fraction of sp³-hybridized carbons (Fsp3) is 0.200. The molecule has 2 aromatic rings. The molecule has 0 saturated heterocycles. The standard InChI is InChI=1S/C15H16FNO/c1-11-13(16)7-5-8-14(11)17-10-12-6-3-4-9-15(12)18-2/h3-9,17H,10H2,1-2H3. The Labute approximate surface area is 106 Å². The van der Waals surface area contributed by atoms with Gasteiger partial charge in [0.15, 0.2) is 0 Å². The van der Waals surface area contributed by atoms with Gasteiger partial charge in [0.05, 0.1) is 7.11 Å². The number of hydrogen-bond donors (Lipinski definition) is 1. The van der Waals surface area contributed by atoms with Crippen molar-refractivity contribution in [3.63, 3.8) is 0 Å². The van der Waals surface area contributed by atoms with Crippen LogP contribution in [0.5, 0.6) is 5.75 Å². The van der Waals surface area contributed by atoms with E-state index in [0.29, 0.717) is 12.1 Å². The third-order valence-electron chi connectivity index (χ3n) is 2.93. The van der Waals surface area contributed by atoms with Crippen LogP contribution in [-0.2, 0) is 6.54 Å². The second-order valence-electron chi connectivity index (χ2n) is 4.08. The lowest BCUT2D eigenvalue weighted by Gasteiger charge is -2.12. The Morgan fingerprint density at radius 2 is 1.89 bits per heavy atom. The van der Waals surface area contributed by atoms with Crippen LogP contribution in [0.15, 0.2) is 42.5 Å². The van der Waals surface area contributed by atoms with Gasteiger partial charge in [0.1, 0.15) is 11.6 Å². The van der Waals surface area contributed by atoms with Gasteiger partial charge >= 0.3 is 0 Å². The number of ether oxygens (including phenoxy) is 1. The van der Waals surface area contributed by atoms with E-state index < -0.39 is 0 Å². The number of nitrogens with one attached hydrogen (secondary N) is 1. The van der Waals surface area contributed by atoms with E-state index in [4.69, 9.17) is 4.74 Å². The van der Waals surface area contributed by atoms with Gasteiger partial charge in [-0.15, -0.1) is 0 Å². The summed E-state index contributed by atoms with van der Waals surface area (Å²) in [5, 5.41) is 3.22. The number of para-hydroxylation sites is 1. The number of anilines is 1. The Balaban J connectivity index is 2.14. The summed E-state index contributed by atoms with van der Waals surface area (Å²) >= 11 is 0. The van der Waals surface area contributed by atoms with Crippen LogP contribution in [0.2, 0.25) is 0 Å². The van der Waals surface area contributed by atoms with E-state index in [1.807, 2.05) is 30.3 Å². The number of benzene rings is 2. The Bertz CT molecular complexity index is 540. The molecule has 0 heterocycles.